The molecule has 0 spiro atoms. The van der Waals surface area contributed by atoms with Crippen LogP contribution >= 0.6 is 0 Å². The molecule has 0 aliphatic heterocycles. The van der Waals surface area contributed by atoms with Gasteiger partial charge in [0.05, 0.1) is 11.1 Å². The van der Waals surface area contributed by atoms with Crippen LogP contribution in [0.15, 0.2) is 73.1 Å². The van der Waals surface area contributed by atoms with Crippen LogP contribution < -0.4 is 0 Å². The Hall–Kier alpha value is -3.56. The van der Waals surface area contributed by atoms with Gasteiger partial charge in [-0.3, -0.25) is 9.59 Å². The van der Waals surface area contributed by atoms with Crippen molar-refractivity contribution < 1.29 is 35.9 Å². The third kappa shape index (κ3) is 9.08. The van der Waals surface area contributed by atoms with Gasteiger partial charge in [-0.1, -0.05) is 60.7 Å². The molecular weight excluding hydrogens is 510 g/mol. The molecule has 0 aromatic heterocycles. The first-order valence-corrected chi connectivity index (χ1v) is 12.1. The van der Waals surface area contributed by atoms with Crippen LogP contribution in [0, 0.1) is 0 Å². The first kappa shape index (κ1) is 30.7. The molecule has 0 amide bonds. The maximum atomic E-state index is 13.2. The Labute approximate surface area is 218 Å². The number of nitrogens with zero attached hydrogens (tertiary/aromatic N) is 2. The van der Waals surface area contributed by atoms with E-state index < -0.39 is 35.1 Å². The molecule has 0 fully saturated rings. The highest BCUT2D eigenvalue weighted by molar-refractivity contribution is 6.23. The van der Waals surface area contributed by atoms with E-state index in [0.717, 1.165) is 0 Å². The van der Waals surface area contributed by atoms with Crippen molar-refractivity contribution in [1.29, 1.82) is 0 Å². The van der Waals surface area contributed by atoms with E-state index in [1.807, 2.05) is 0 Å². The lowest BCUT2D eigenvalue weighted by molar-refractivity contribution is -0.164. The number of alkyl halides is 6. The summed E-state index contributed by atoms with van der Waals surface area (Å²) in [5, 5.41) is 0. The minimum absolute atomic E-state index is 0.151. The van der Waals surface area contributed by atoms with Gasteiger partial charge in [0.1, 0.15) is 0 Å². The predicted octanol–water partition coefficient (Wildman–Crippen LogP) is 6.76. The second-order valence-electron chi connectivity index (χ2n) is 8.44. The number of benzene rings is 2. The third-order valence-electron chi connectivity index (χ3n) is 5.75. The molecule has 206 valence electrons. The number of allylic oxidation sites excluding steroid dienone is 2. The Bertz CT molecular complexity index is 1020. The molecule has 0 bridgehead atoms. The molecule has 2 rings (SSSR count). The van der Waals surface area contributed by atoms with Crippen molar-refractivity contribution in [1.82, 2.24) is 9.80 Å². The average molecular weight is 541 g/mol. The van der Waals surface area contributed by atoms with Crippen LogP contribution in [0.25, 0.3) is 11.1 Å². The molecule has 0 heterocycles. The molecule has 2 aromatic carbocycles. The second kappa shape index (κ2) is 13.8. The summed E-state index contributed by atoms with van der Waals surface area (Å²) >= 11 is 0. The van der Waals surface area contributed by atoms with Gasteiger partial charge in [-0.25, -0.2) is 0 Å². The summed E-state index contributed by atoms with van der Waals surface area (Å²) in [5.41, 5.74) is -0.621. The molecule has 0 saturated carbocycles. The van der Waals surface area contributed by atoms with Crippen LogP contribution in [0.3, 0.4) is 0 Å². The Morgan fingerprint density at radius 3 is 1.21 bits per heavy atom. The SMILES string of the molecule is CCN(/C=C(\C(=O)C(F)(F)F)c1ccccc1)CCCCN(/C=C(\C(=O)C(F)(F)F)c1ccccc1)CC. The van der Waals surface area contributed by atoms with E-state index in [0.29, 0.717) is 39.0 Å². The Morgan fingerprint density at radius 2 is 0.947 bits per heavy atom. The van der Waals surface area contributed by atoms with Gasteiger partial charge < -0.3 is 9.80 Å². The predicted molar refractivity (Wildman–Crippen MR) is 135 cm³/mol. The van der Waals surface area contributed by atoms with E-state index >= 15 is 0 Å². The Balaban J connectivity index is 2.14. The van der Waals surface area contributed by atoms with Crippen LogP contribution in [-0.2, 0) is 9.59 Å². The highest BCUT2D eigenvalue weighted by Crippen LogP contribution is 2.28. The zero-order chi connectivity index (χ0) is 28.3. The summed E-state index contributed by atoms with van der Waals surface area (Å²) < 4.78 is 79.3. The molecule has 0 atom stereocenters. The highest BCUT2D eigenvalue weighted by atomic mass is 19.4. The fourth-order valence-corrected chi connectivity index (χ4v) is 3.69. The number of rotatable bonds is 13. The fraction of sp³-hybridized carbons (Fsp3) is 0.357. The van der Waals surface area contributed by atoms with Gasteiger partial charge in [0.15, 0.2) is 0 Å². The van der Waals surface area contributed by atoms with Crippen molar-refractivity contribution in [2.75, 3.05) is 26.2 Å². The number of carbonyl (C=O) groups is 2. The van der Waals surface area contributed by atoms with E-state index in [-0.39, 0.29) is 11.1 Å². The number of hydrogen-bond donors (Lipinski definition) is 0. The molecule has 10 heteroatoms. The minimum atomic E-state index is -5.03. The van der Waals surface area contributed by atoms with Crippen LogP contribution in [0.2, 0.25) is 0 Å². The van der Waals surface area contributed by atoms with Crippen LogP contribution in [-0.4, -0.2) is 59.9 Å². The van der Waals surface area contributed by atoms with Crippen molar-refractivity contribution in [2.45, 2.75) is 39.0 Å². The molecule has 38 heavy (non-hydrogen) atoms. The maximum absolute atomic E-state index is 13.2. The van der Waals surface area contributed by atoms with Crippen LogP contribution in [0.1, 0.15) is 37.8 Å². The third-order valence-corrected chi connectivity index (χ3v) is 5.75. The molecule has 2 aromatic rings. The van der Waals surface area contributed by atoms with Gasteiger partial charge in [-0.05, 0) is 37.8 Å². The molecule has 0 aliphatic carbocycles. The molecule has 0 saturated heterocycles. The fourth-order valence-electron chi connectivity index (χ4n) is 3.69. The summed E-state index contributed by atoms with van der Waals surface area (Å²) in [4.78, 5) is 27.4. The van der Waals surface area contributed by atoms with E-state index in [2.05, 4.69) is 0 Å². The summed E-state index contributed by atoms with van der Waals surface area (Å²) in [6.07, 6.45) is -6.66. The zero-order valence-corrected chi connectivity index (χ0v) is 21.1. The van der Waals surface area contributed by atoms with Crippen molar-refractivity contribution in [3.8, 4) is 0 Å². The smallest absolute Gasteiger partial charge is 0.377 e. The second-order valence-corrected chi connectivity index (χ2v) is 8.44. The molecule has 0 radical (unpaired) electrons. The van der Waals surface area contributed by atoms with Crippen molar-refractivity contribution in [3.05, 3.63) is 84.2 Å². The number of unbranched alkanes of at least 4 members (excludes halogenated alkanes) is 1. The lowest BCUT2D eigenvalue weighted by Gasteiger charge is -2.23. The monoisotopic (exact) mass is 540 g/mol. The van der Waals surface area contributed by atoms with Crippen molar-refractivity contribution in [2.24, 2.45) is 0 Å². The van der Waals surface area contributed by atoms with Gasteiger partial charge in [0.25, 0.3) is 11.6 Å². The van der Waals surface area contributed by atoms with Crippen LogP contribution in [0.5, 0.6) is 0 Å². The van der Waals surface area contributed by atoms with Crippen LogP contribution in [0.4, 0.5) is 26.3 Å². The standard InChI is InChI=1S/C28H30F6N2O2/c1-3-35(19-23(25(37)27(29,30)31)21-13-7-5-8-14-21)17-11-12-18-36(4-2)20-24(26(38)28(32,33)34)22-15-9-6-10-16-22/h5-10,13-16,19-20H,3-4,11-12,17-18H2,1-2H3/b23-19-,24-20-. The molecule has 0 N–H and O–H groups in total. The quantitative estimate of drug-likeness (QED) is 0.160. The largest absolute Gasteiger partial charge is 0.454 e. The normalized spacial score (nSPS) is 12.8. The van der Waals surface area contributed by atoms with Gasteiger partial charge in [-0.15, -0.1) is 0 Å². The van der Waals surface area contributed by atoms with Gasteiger partial charge in [0.2, 0.25) is 0 Å². The first-order chi connectivity index (χ1) is 17.9. The lowest BCUT2D eigenvalue weighted by atomic mass is 10.0. The summed E-state index contributed by atoms with van der Waals surface area (Å²) in [6, 6.07) is 15.2. The molecule has 0 aliphatic rings. The average Bonchev–Trinajstić information content (AvgIpc) is 2.89. The van der Waals surface area contributed by atoms with E-state index in [9.17, 15) is 35.9 Å². The number of carbonyl (C=O) groups excluding carboxylic acids is 2. The van der Waals surface area contributed by atoms with E-state index in [1.165, 1.54) is 36.7 Å². The van der Waals surface area contributed by atoms with Crippen molar-refractivity contribution >= 4 is 22.7 Å². The number of halogens is 6. The van der Waals surface area contributed by atoms with E-state index in [1.54, 1.807) is 60.0 Å². The summed E-state index contributed by atoms with van der Waals surface area (Å²) in [5.74, 6) is -3.88. The Kier molecular flexibility index (Phi) is 11.2. The maximum Gasteiger partial charge on any atom is 0.454 e. The topological polar surface area (TPSA) is 40.6 Å². The van der Waals surface area contributed by atoms with Crippen molar-refractivity contribution in [3.63, 3.8) is 0 Å². The summed E-state index contributed by atoms with van der Waals surface area (Å²) in [7, 11) is 0. The Morgan fingerprint density at radius 1 is 0.632 bits per heavy atom. The van der Waals surface area contributed by atoms with Gasteiger partial charge >= 0.3 is 12.4 Å². The number of Topliss-reactive ketones (excluding diaryl/α,β-unsaturated/α-hetero) is 2. The zero-order valence-electron chi connectivity index (χ0n) is 21.1. The minimum Gasteiger partial charge on any atom is -0.377 e. The van der Waals surface area contributed by atoms with Gasteiger partial charge in [0, 0.05) is 38.6 Å². The molecule has 4 nitrogen and oxygen atoms in total. The number of hydrogen-bond acceptors (Lipinski definition) is 4. The lowest BCUT2D eigenvalue weighted by Crippen LogP contribution is -2.28. The highest BCUT2D eigenvalue weighted by Gasteiger charge is 2.42. The van der Waals surface area contributed by atoms with E-state index in [4.69, 9.17) is 0 Å². The molecule has 0 unspecified atom stereocenters. The molecular formula is C28H30F6N2O2. The summed E-state index contributed by atoms with van der Waals surface area (Å²) in [6.45, 7) is 4.83. The number of ketones is 2. The first-order valence-electron chi connectivity index (χ1n) is 12.1. The van der Waals surface area contributed by atoms with Gasteiger partial charge in [-0.2, -0.15) is 26.3 Å².